The molecule has 1 aromatic rings. The number of hydrogen-bond donors (Lipinski definition) is 1. The minimum absolute atomic E-state index is 0.207. The van der Waals surface area contributed by atoms with Crippen molar-refractivity contribution >= 4 is 11.7 Å². The van der Waals surface area contributed by atoms with Gasteiger partial charge < -0.3 is 10.5 Å². The van der Waals surface area contributed by atoms with Gasteiger partial charge in [-0.3, -0.25) is 4.79 Å². The second kappa shape index (κ2) is 4.78. The SMILES string of the molecule is Cc1cc(C(C)C(=O)OC(C)(C)C)ccc1N. The summed E-state index contributed by atoms with van der Waals surface area (Å²) >= 11 is 0. The number of rotatable bonds is 2. The van der Waals surface area contributed by atoms with E-state index >= 15 is 0 Å². The number of ether oxygens (including phenoxy) is 1. The van der Waals surface area contributed by atoms with E-state index in [1.165, 1.54) is 0 Å². The largest absolute Gasteiger partial charge is 0.460 e. The first-order valence-electron chi connectivity index (χ1n) is 5.79. The number of benzene rings is 1. The molecule has 0 saturated carbocycles. The highest BCUT2D eigenvalue weighted by Gasteiger charge is 2.23. The Bertz CT molecular complexity index is 419. The lowest BCUT2D eigenvalue weighted by atomic mass is 9.98. The van der Waals surface area contributed by atoms with E-state index in [4.69, 9.17) is 10.5 Å². The Morgan fingerprint density at radius 3 is 2.41 bits per heavy atom. The first-order chi connectivity index (χ1) is 7.70. The van der Waals surface area contributed by atoms with Crippen LogP contribution in [-0.2, 0) is 9.53 Å². The van der Waals surface area contributed by atoms with Gasteiger partial charge in [0.1, 0.15) is 5.60 Å². The van der Waals surface area contributed by atoms with E-state index in [-0.39, 0.29) is 11.9 Å². The molecule has 3 nitrogen and oxygen atoms in total. The highest BCUT2D eigenvalue weighted by molar-refractivity contribution is 5.78. The number of hydrogen-bond acceptors (Lipinski definition) is 3. The summed E-state index contributed by atoms with van der Waals surface area (Å²) in [6, 6.07) is 5.63. The van der Waals surface area contributed by atoms with E-state index in [9.17, 15) is 4.79 Å². The molecule has 1 aromatic carbocycles. The topological polar surface area (TPSA) is 52.3 Å². The third-order valence-electron chi connectivity index (χ3n) is 2.55. The van der Waals surface area contributed by atoms with Gasteiger partial charge in [-0.1, -0.05) is 12.1 Å². The fourth-order valence-corrected chi connectivity index (χ4v) is 1.49. The molecule has 0 heterocycles. The van der Waals surface area contributed by atoms with Crippen molar-refractivity contribution in [2.24, 2.45) is 0 Å². The van der Waals surface area contributed by atoms with Crippen molar-refractivity contribution in [3.05, 3.63) is 29.3 Å². The highest BCUT2D eigenvalue weighted by atomic mass is 16.6. The van der Waals surface area contributed by atoms with E-state index in [2.05, 4.69) is 0 Å². The fraction of sp³-hybridized carbons (Fsp3) is 0.500. The summed E-state index contributed by atoms with van der Waals surface area (Å²) < 4.78 is 5.35. The second-order valence-electron chi connectivity index (χ2n) is 5.37. The van der Waals surface area contributed by atoms with Crippen LogP contribution in [0.3, 0.4) is 0 Å². The molecule has 94 valence electrons. The van der Waals surface area contributed by atoms with Crippen LogP contribution < -0.4 is 5.73 Å². The van der Waals surface area contributed by atoms with Crippen LogP contribution >= 0.6 is 0 Å². The van der Waals surface area contributed by atoms with Gasteiger partial charge in [-0.05, 0) is 51.8 Å². The molecular formula is C14H21NO2. The van der Waals surface area contributed by atoms with Crippen LogP contribution in [0.25, 0.3) is 0 Å². The van der Waals surface area contributed by atoms with Gasteiger partial charge in [-0.2, -0.15) is 0 Å². The maximum Gasteiger partial charge on any atom is 0.313 e. The monoisotopic (exact) mass is 235 g/mol. The van der Waals surface area contributed by atoms with Crippen molar-refractivity contribution in [3.63, 3.8) is 0 Å². The highest BCUT2D eigenvalue weighted by Crippen LogP contribution is 2.23. The number of carbonyl (C=O) groups is 1. The lowest BCUT2D eigenvalue weighted by molar-refractivity contribution is -0.156. The van der Waals surface area contributed by atoms with E-state index in [0.717, 1.165) is 16.8 Å². The minimum atomic E-state index is -0.450. The average Bonchev–Trinajstić information content (AvgIpc) is 2.18. The molecule has 2 N–H and O–H groups in total. The molecule has 0 fully saturated rings. The summed E-state index contributed by atoms with van der Waals surface area (Å²) in [5, 5.41) is 0. The number of nitrogens with two attached hydrogens (primary N) is 1. The fourth-order valence-electron chi connectivity index (χ4n) is 1.49. The van der Waals surface area contributed by atoms with Crippen molar-refractivity contribution in [2.75, 3.05) is 5.73 Å². The first kappa shape index (κ1) is 13.6. The van der Waals surface area contributed by atoms with Crippen molar-refractivity contribution in [2.45, 2.75) is 46.1 Å². The number of anilines is 1. The Morgan fingerprint density at radius 2 is 1.94 bits per heavy atom. The van der Waals surface area contributed by atoms with Crippen molar-refractivity contribution in [1.82, 2.24) is 0 Å². The van der Waals surface area contributed by atoms with Gasteiger partial charge in [-0.15, -0.1) is 0 Å². The number of carbonyl (C=O) groups excluding carboxylic acids is 1. The lowest BCUT2D eigenvalue weighted by Crippen LogP contribution is -2.26. The predicted molar refractivity (Wildman–Crippen MR) is 69.9 cm³/mol. The second-order valence-corrected chi connectivity index (χ2v) is 5.37. The zero-order chi connectivity index (χ0) is 13.2. The van der Waals surface area contributed by atoms with Gasteiger partial charge in [-0.25, -0.2) is 0 Å². The standard InChI is InChI=1S/C14H21NO2/c1-9-8-11(6-7-12(9)15)10(2)13(16)17-14(3,4)5/h6-8,10H,15H2,1-5H3. The normalized spacial score (nSPS) is 13.2. The van der Waals surface area contributed by atoms with E-state index < -0.39 is 5.60 Å². The van der Waals surface area contributed by atoms with Gasteiger partial charge >= 0.3 is 5.97 Å². The number of nitrogen functional groups attached to an aromatic ring is 1. The molecule has 0 aliphatic carbocycles. The van der Waals surface area contributed by atoms with Crippen molar-refractivity contribution in [1.29, 1.82) is 0 Å². The smallest absolute Gasteiger partial charge is 0.313 e. The Balaban J connectivity index is 2.85. The van der Waals surface area contributed by atoms with Gasteiger partial charge in [0, 0.05) is 5.69 Å². The summed E-state index contributed by atoms with van der Waals surface area (Å²) in [5.74, 6) is -0.477. The predicted octanol–water partition coefficient (Wildman–Crippen LogP) is 3.02. The molecule has 0 saturated heterocycles. The zero-order valence-corrected chi connectivity index (χ0v) is 11.2. The molecule has 0 bridgehead atoms. The Labute approximate surface area is 103 Å². The number of esters is 1. The van der Waals surface area contributed by atoms with Crippen LogP contribution in [0.4, 0.5) is 5.69 Å². The maximum absolute atomic E-state index is 11.9. The third-order valence-corrected chi connectivity index (χ3v) is 2.55. The van der Waals surface area contributed by atoms with Gasteiger partial charge in [0.25, 0.3) is 0 Å². The van der Waals surface area contributed by atoms with Crippen LogP contribution in [-0.4, -0.2) is 11.6 Å². The molecule has 1 rings (SSSR count). The molecule has 0 amide bonds. The summed E-state index contributed by atoms with van der Waals surface area (Å²) in [6.45, 7) is 9.38. The Kier molecular flexibility index (Phi) is 3.81. The molecule has 1 unspecified atom stereocenters. The lowest BCUT2D eigenvalue weighted by Gasteiger charge is -2.22. The van der Waals surface area contributed by atoms with E-state index in [0.29, 0.717) is 0 Å². The van der Waals surface area contributed by atoms with Crippen LogP contribution in [0.2, 0.25) is 0 Å². The van der Waals surface area contributed by atoms with Gasteiger partial charge in [0.05, 0.1) is 5.92 Å². The Hall–Kier alpha value is -1.51. The van der Waals surface area contributed by atoms with Crippen molar-refractivity contribution < 1.29 is 9.53 Å². The Morgan fingerprint density at radius 1 is 1.35 bits per heavy atom. The summed E-state index contributed by atoms with van der Waals surface area (Å²) in [4.78, 5) is 11.9. The van der Waals surface area contributed by atoms with E-state index in [1.807, 2.05) is 52.8 Å². The third kappa shape index (κ3) is 3.77. The summed E-state index contributed by atoms with van der Waals surface area (Å²) in [7, 11) is 0. The van der Waals surface area contributed by atoms with Crippen LogP contribution in [0, 0.1) is 6.92 Å². The molecule has 0 aliphatic rings. The van der Waals surface area contributed by atoms with Crippen LogP contribution in [0.5, 0.6) is 0 Å². The summed E-state index contributed by atoms with van der Waals surface area (Å²) in [6.07, 6.45) is 0. The molecule has 3 heteroatoms. The molecule has 0 aromatic heterocycles. The average molecular weight is 235 g/mol. The molecule has 0 aliphatic heterocycles. The quantitative estimate of drug-likeness (QED) is 0.633. The van der Waals surface area contributed by atoms with Gasteiger partial charge in [0.2, 0.25) is 0 Å². The molecule has 1 atom stereocenters. The molecule has 0 spiro atoms. The molecule has 17 heavy (non-hydrogen) atoms. The van der Waals surface area contributed by atoms with Crippen molar-refractivity contribution in [3.8, 4) is 0 Å². The van der Waals surface area contributed by atoms with E-state index in [1.54, 1.807) is 0 Å². The molecule has 0 radical (unpaired) electrons. The number of aryl methyl sites for hydroxylation is 1. The zero-order valence-electron chi connectivity index (χ0n) is 11.2. The van der Waals surface area contributed by atoms with Crippen LogP contribution in [0.1, 0.15) is 44.7 Å². The maximum atomic E-state index is 11.9. The van der Waals surface area contributed by atoms with Gasteiger partial charge in [0.15, 0.2) is 0 Å². The first-order valence-corrected chi connectivity index (χ1v) is 5.79. The summed E-state index contributed by atoms with van der Waals surface area (Å²) in [5.41, 5.74) is 7.96. The minimum Gasteiger partial charge on any atom is -0.460 e. The van der Waals surface area contributed by atoms with Crippen LogP contribution in [0.15, 0.2) is 18.2 Å². The molecular weight excluding hydrogens is 214 g/mol.